The lowest BCUT2D eigenvalue weighted by Gasteiger charge is -2.12. The number of hydrogen-bond donors (Lipinski definition) is 0. The number of esters is 3. The van der Waals surface area contributed by atoms with Gasteiger partial charge in [-0.3, -0.25) is 15.0 Å². The van der Waals surface area contributed by atoms with Crippen LogP contribution in [-0.2, 0) is 0 Å². The summed E-state index contributed by atoms with van der Waals surface area (Å²) in [4.78, 5) is 54.9. The number of ether oxygens (including phenoxy) is 3. The average molecular weight is 742 g/mol. The zero-order valence-electron chi connectivity index (χ0n) is 29.9. The van der Waals surface area contributed by atoms with Gasteiger partial charge in [-0.25, -0.2) is 14.4 Å². The summed E-state index contributed by atoms with van der Waals surface area (Å²) >= 11 is 0. The van der Waals surface area contributed by atoms with Gasteiger partial charge in [-0.05, 0) is 107 Å². The molecule has 0 aliphatic heterocycles. The van der Waals surface area contributed by atoms with Crippen molar-refractivity contribution in [3.8, 4) is 17.2 Å². The number of pyridine rings is 3. The molecule has 3 heterocycles. The number of rotatable bonds is 6. The van der Waals surface area contributed by atoms with Crippen LogP contribution in [0.3, 0.4) is 0 Å². The largest absolute Gasteiger partial charge is 0.423 e. The molecule has 0 aliphatic rings. The predicted molar refractivity (Wildman–Crippen MR) is 219 cm³/mol. The van der Waals surface area contributed by atoms with Gasteiger partial charge in [0.05, 0.1) is 33.2 Å². The number of benzene rings is 7. The smallest absolute Gasteiger partial charge is 0.343 e. The molecule has 0 bridgehead atoms. The van der Waals surface area contributed by atoms with E-state index in [9.17, 15) is 14.4 Å². The van der Waals surface area contributed by atoms with Crippen LogP contribution in [0.15, 0.2) is 164 Å². The monoisotopic (exact) mass is 741 g/mol. The van der Waals surface area contributed by atoms with Crippen molar-refractivity contribution in [1.82, 2.24) is 15.0 Å². The molecule has 0 aliphatic carbocycles. The molecular formula is C48H27N3O6. The maximum atomic E-state index is 13.8. The quantitative estimate of drug-likeness (QED) is 0.0932. The van der Waals surface area contributed by atoms with Crippen molar-refractivity contribution in [2.75, 3.05) is 0 Å². The molecule has 0 atom stereocenters. The molecule has 0 saturated heterocycles. The third-order valence-electron chi connectivity index (χ3n) is 9.95. The van der Waals surface area contributed by atoms with E-state index in [2.05, 4.69) is 15.0 Å². The third-order valence-corrected chi connectivity index (χ3v) is 9.95. The van der Waals surface area contributed by atoms with Crippen LogP contribution in [0.2, 0.25) is 0 Å². The van der Waals surface area contributed by atoms with Crippen LogP contribution >= 0.6 is 0 Å². The molecule has 0 fully saturated rings. The van der Waals surface area contributed by atoms with E-state index in [1.807, 2.05) is 91.0 Å². The molecule has 7 aromatic carbocycles. The lowest BCUT2D eigenvalue weighted by atomic mass is 10.0. The second kappa shape index (κ2) is 13.7. The van der Waals surface area contributed by atoms with Crippen molar-refractivity contribution < 1.29 is 28.6 Å². The van der Waals surface area contributed by atoms with Crippen LogP contribution in [0.25, 0.3) is 65.0 Å². The number of hydrogen-bond acceptors (Lipinski definition) is 9. The Bertz CT molecular complexity index is 2950. The van der Waals surface area contributed by atoms with Crippen LogP contribution in [0.4, 0.5) is 0 Å². The summed E-state index contributed by atoms with van der Waals surface area (Å²) in [7, 11) is 0. The molecule has 0 radical (unpaired) electrons. The van der Waals surface area contributed by atoms with Gasteiger partial charge in [-0.15, -0.1) is 0 Å². The van der Waals surface area contributed by atoms with Gasteiger partial charge in [0, 0.05) is 50.9 Å². The second-order valence-corrected chi connectivity index (χ2v) is 13.5. The molecular weight excluding hydrogens is 715 g/mol. The number of carbonyl (C=O) groups is 3. The molecule has 0 unspecified atom stereocenters. The second-order valence-electron chi connectivity index (χ2n) is 13.5. The van der Waals surface area contributed by atoms with Crippen LogP contribution < -0.4 is 14.2 Å². The van der Waals surface area contributed by atoms with E-state index in [0.717, 1.165) is 65.0 Å². The van der Waals surface area contributed by atoms with Gasteiger partial charge >= 0.3 is 17.9 Å². The first-order valence-corrected chi connectivity index (χ1v) is 18.1. The molecule has 9 nitrogen and oxygen atoms in total. The number of nitrogens with zero attached hydrogens (tertiary/aromatic N) is 3. The van der Waals surface area contributed by atoms with E-state index < -0.39 is 17.9 Å². The van der Waals surface area contributed by atoms with Crippen molar-refractivity contribution in [1.29, 1.82) is 0 Å². The maximum Gasteiger partial charge on any atom is 0.343 e. The third kappa shape index (κ3) is 6.29. The van der Waals surface area contributed by atoms with Gasteiger partial charge < -0.3 is 14.2 Å². The minimum absolute atomic E-state index is 0.0520. The Balaban J connectivity index is 0.978. The molecule has 0 saturated carbocycles. The Morgan fingerprint density at radius 1 is 0.333 bits per heavy atom. The van der Waals surface area contributed by atoms with E-state index in [1.54, 1.807) is 55.0 Å². The molecule has 0 N–H and O–H groups in total. The Morgan fingerprint density at radius 2 is 0.632 bits per heavy atom. The highest BCUT2D eigenvalue weighted by Gasteiger charge is 2.21. The summed E-state index contributed by atoms with van der Waals surface area (Å²) in [6, 6.07) is 43.0. The van der Waals surface area contributed by atoms with Crippen molar-refractivity contribution in [2.45, 2.75) is 0 Å². The van der Waals surface area contributed by atoms with Crippen molar-refractivity contribution >= 4 is 82.9 Å². The minimum Gasteiger partial charge on any atom is -0.423 e. The summed E-state index contributed by atoms with van der Waals surface area (Å²) < 4.78 is 17.5. The lowest BCUT2D eigenvalue weighted by molar-refractivity contribution is 0.0734. The van der Waals surface area contributed by atoms with Crippen molar-refractivity contribution in [3.05, 3.63) is 181 Å². The van der Waals surface area contributed by atoms with E-state index >= 15 is 0 Å². The van der Waals surface area contributed by atoms with Crippen molar-refractivity contribution in [2.24, 2.45) is 0 Å². The Morgan fingerprint density at radius 3 is 0.947 bits per heavy atom. The van der Waals surface area contributed by atoms with Gasteiger partial charge in [0.25, 0.3) is 0 Å². The zero-order valence-corrected chi connectivity index (χ0v) is 29.9. The highest BCUT2D eigenvalue weighted by molar-refractivity contribution is 6.08. The highest BCUT2D eigenvalue weighted by atomic mass is 16.5. The number of carbonyl (C=O) groups excluding carboxylic acids is 3. The fourth-order valence-electron chi connectivity index (χ4n) is 7.22. The van der Waals surface area contributed by atoms with Crippen LogP contribution in [0.1, 0.15) is 31.1 Å². The molecule has 270 valence electrons. The maximum absolute atomic E-state index is 13.8. The molecule has 57 heavy (non-hydrogen) atoms. The first kappa shape index (κ1) is 33.5. The average Bonchev–Trinajstić information content (AvgIpc) is 3.25. The summed E-state index contributed by atoms with van der Waals surface area (Å²) in [5.41, 5.74) is 2.33. The molecule has 0 amide bonds. The Kier molecular flexibility index (Phi) is 8.04. The zero-order chi connectivity index (χ0) is 38.5. The SMILES string of the molecule is O=C(Oc1ccc2c(ccc3cccnc32)c1)c1cc(C(=O)Oc2ccc3c(ccc4cccnc43)c2)cc(C(=O)Oc2ccc3c(ccc4cccnc43)c2)c1. The van der Waals surface area contributed by atoms with Crippen molar-refractivity contribution in [3.63, 3.8) is 0 Å². The van der Waals surface area contributed by atoms with E-state index in [-0.39, 0.29) is 33.9 Å². The highest BCUT2D eigenvalue weighted by Crippen LogP contribution is 2.31. The predicted octanol–water partition coefficient (Wildman–Crippen LogP) is 10.4. The molecule has 0 spiro atoms. The molecule has 9 heteroatoms. The fourth-order valence-corrected chi connectivity index (χ4v) is 7.22. The fraction of sp³-hybridized carbons (Fsp3) is 0. The van der Waals surface area contributed by atoms with Gasteiger partial charge in [-0.1, -0.05) is 54.6 Å². The first-order chi connectivity index (χ1) is 27.9. The molecule has 10 aromatic rings. The van der Waals surface area contributed by atoms with Gasteiger partial charge in [0.1, 0.15) is 17.2 Å². The summed E-state index contributed by atoms with van der Waals surface area (Å²) in [6.07, 6.45) is 5.19. The van der Waals surface area contributed by atoms with E-state index in [0.29, 0.717) is 0 Å². The van der Waals surface area contributed by atoms with E-state index in [1.165, 1.54) is 18.2 Å². The van der Waals surface area contributed by atoms with Gasteiger partial charge in [0.15, 0.2) is 0 Å². The lowest BCUT2D eigenvalue weighted by Crippen LogP contribution is -2.16. The summed E-state index contributed by atoms with van der Waals surface area (Å²) in [5.74, 6) is -1.53. The summed E-state index contributed by atoms with van der Waals surface area (Å²) in [5, 5.41) is 8.14. The number of fused-ring (bicyclic) bond motifs is 9. The van der Waals surface area contributed by atoms with Crippen LogP contribution in [-0.4, -0.2) is 32.9 Å². The normalized spacial score (nSPS) is 11.4. The Labute approximate surface area is 323 Å². The molecule has 10 rings (SSSR count). The van der Waals surface area contributed by atoms with Gasteiger partial charge in [0.2, 0.25) is 0 Å². The van der Waals surface area contributed by atoms with E-state index in [4.69, 9.17) is 14.2 Å². The Hall–Kier alpha value is -8.04. The topological polar surface area (TPSA) is 118 Å². The first-order valence-electron chi connectivity index (χ1n) is 18.1. The van der Waals surface area contributed by atoms with Crippen LogP contribution in [0, 0.1) is 0 Å². The van der Waals surface area contributed by atoms with Crippen LogP contribution in [0.5, 0.6) is 17.2 Å². The molecule has 3 aromatic heterocycles. The standard InChI is InChI=1S/C48H27N3O6/c52-46(55-37-13-16-40-31(25-37)10-7-28-4-1-19-49-43(28)40)34-22-35(47(53)56-38-14-17-41-32(26-38)11-8-29-5-2-20-50-44(29)41)24-36(23-34)48(54)57-39-15-18-42-33(27-39)12-9-30-6-3-21-51-45(30)42/h1-27H. The van der Waals surface area contributed by atoms with Gasteiger partial charge in [-0.2, -0.15) is 0 Å². The summed E-state index contributed by atoms with van der Waals surface area (Å²) in [6.45, 7) is 0. The minimum atomic E-state index is -0.785. The number of aromatic nitrogens is 3.